The van der Waals surface area contributed by atoms with E-state index in [1.54, 1.807) is 0 Å². The van der Waals surface area contributed by atoms with Crippen LogP contribution in [0.15, 0.2) is 304 Å². The molecule has 99 heavy (non-hydrogen) atoms. The van der Waals surface area contributed by atoms with Crippen LogP contribution in [0.4, 0.5) is 68.2 Å². The first-order valence-corrected chi connectivity index (χ1v) is 33.7. The first kappa shape index (κ1) is 62.6. The van der Waals surface area contributed by atoms with Crippen LogP contribution in [0.3, 0.4) is 0 Å². The van der Waals surface area contributed by atoms with Crippen molar-refractivity contribution < 1.29 is 21.1 Å². The third-order valence-electron chi connectivity index (χ3n) is 19.5. The van der Waals surface area contributed by atoms with E-state index >= 15 is 0 Å². The number of nitrogens with zero attached hydrogens (tertiary/aromatic N) is 8. The van der Waals surface area contributed by atoms with Crippen molar-refractivity contribution in [3.8, 4) is 45.0 Å². The maximum Gasteiger partial charge on any atom is 2.00 e. The van der Waals surface area contributed by atoms with E-state index in [-0.39, 0.29) is 45.3 Å². The molecule has 0 amide bonds. The van der Waals surface area contributed by atoms with E-state index in [4.69, 9.17) is 19.9 Å². The second-order valence-corrected chi connectivity index (χ2v) is 27.7. The minimum atomic E-state index is -0.128. The van der Waals surface area contributed by atoms with Gasteiger partial charge in [0.1, 0.15) is 0 Å². The molecule has 4 aliphatic rings. The predicted molar refractivity (Wildman–Crippen MR) is 409 cm³/mol. The largest absolute Gasteiger partial charge is 2.00 e. The van der Waals surface area contributed by atoms with Gasteiger partial charge in [0.15, 0.2) is 0 Å². The molecule has 0 radical (unpaired) electrons. The molecule has 11 heteroatoms. The molecule has 8 heterocycles. The molecule has 476 valence electrons. The molecular weight excluding hydrogens is 1390 g/mol. The van der Waals surface area contributed by atoms with Gasteiger partial charge < -0.3 is 29.6 Å². The molecule has 0 saturated heterocycles. The molecule has 0 atom stereocenters. The summed E-state index contributed by atoms with van der Waals surface area (Å²) in [5.74, 6) is 0. The van der Waals surface area contributed by atoms with E-state index in [2.05, 4.69) is 316 Å². The van der Waals surface area contributed by atoms with Gasteiger partial charge in [-0.15, -0.1) is 58.5 Å². The molecule has 18 rings (SSSR count). The van der Waals surface area contributed by atoms with Crippen molar-refractivity contribution in [1.82, 2.24) is 19.9 Å². The van der Waals surface area contributed by atoms with Gasteiger partial charge in [0, 0.05) is 81.7 Å². The summed E-state index contributed by atoms with van der Waals surface area (Å²) >= 11 is 0. The quantitative estimate of drug-likeness (QED) is 0.110. The zero-order valence-electron chi connectivity index (χ0n) is 55.9. The Labute approximate surface area is 595 Å². The Morgan fingerprint density at radius 1 is 0.283 bits per heavy atom. The van der Waals surface area contributed by atoms with Gasteiger partial charge in [0.2, 0.25) is 6.71 Å². The summed E-state index contributed by atoms with van der Waals surface area (Å²) in [6.07, 6.45) is 7.44. The number of pyridine rings is 4. The number of fused-ring (bicyclic) bond motifs is 8. The number of hydrogen-bond donors (Lipinski definition) is 0. The summed E-state index contributed by atoms with van der Waals surface area (Å²) in [7, 11) is 0. The number of anilines is 12. The van der Waals surface area contributed by atoms with Crippen LogP contribution in [-0.2, 0) is 31.9 Å². The molecule has 0 spiro atoms. The predicted octanol–water partition coefficient (Wildman–Crippen LogP) is 18.0. The average Bonchev–Trinajstić information content (AvgIpc) is 0.702. The van der Waals surface area contributed by atoms with Crippen LogP contribution in [0.25, 0.3) is 45.0 Å². The Bertz CT molecular complexity index is 4670. The third kappa shape index (κ3) is 11.1. The maximum atomic E-state index is 4.76. The molecule has 0 N–H and O–H groups in total. The molecule has 10 aromatic carbocycles. The van der Waals surface area contributed by atoms with Crippen molar-refractivity contribution in [3.63, 3.8) is 0 Å². The van der Waals surface area contributed by atoms with Crippen LogP contribution < -0.4 is 52.4 Å². The summed E-state index contributed by atoms with van der Waals surface area (Å²) < 4.78 is 0. The summed E-state index contributed by atoms with van der Waals surface area (Å²) in [6.45, 7) is 13.7. The fraction of sp³-hybridized carbons (Fsp3) is 0.0909. The molecule has 0 saturated carbocycles. The summed E-state index contributed by atoms with van der Waals surface area (Å²) in [4.78, 5) is 28.8. The monoisotopic (exact) mass is 1450 g/mol. The first-order valence-electron chi connectivity index (χ1n) is 33.7. The second kappa shape index (κ2) is 25.3. The molecule has 8 nitrogen and oxygen atoms in total. The molecule has 0 aliphatic carbocycles. The van der Waals surface area contributed by atoms with Gasteiger partial charge in [0.25, 0.3) is 6.71 Å². The Balaban J connectivity index is 0.000000153. The van der Waals surface area contributed by atoms with E-state index < -0.39 is 0 Å². The van der Waals surface area contributed by atoms with Gasteiger partial charge in [-0.3, -0.25) is 9.97 Å². The Morgan fingerprint density at radius 2 is 0.576 bits per heavy atom. The van der Waals surface area contributed by atoms with Gasteiger partial charge in [0.05, 0.1) is 11.4 Å². The molecular formula is C88H68B2N8Pt. The smallest absolute Gasteiger partial charge is 0.352 e. The van der Waals surface area contributed by atoms with E-state index in [0.717, 1.165) is 90.1 Å². The van der Waals surface area contributed by atoms with Crippen LogP contribution in [-0.4, -0.2) is 33.4 Å². The summed E-state index contributed by atoms with van der Waals surface area (Å²) in [5, 5.41) is 0. The van der Waals surface area contributed by atoms with Crippen LogP contribution in [0.1, 0.15) is 52.7 Å². The molecule has 0 fully saturated rings. The number of aromatic nitrogens is 4. The normalized spacial score (nSPS) is 12.9. The number of para-hydroxylation sites is 4. The maximum absolute atomic E-state index is 4.76. The number of hydrogen-bond acceptors (Lipinski definition) is 8. The number of rotatable bonds is 8. The minimum absolute atomic E-state index is 0. The van der Waals surface area contributed by atoms with Crippen LogP contribution >= 0.6 is 0 Å². The summed E-state index contributed by atoms with van der Waals surface area (Å²) in [6, 6.07) is 108. The Hall–Kier alpha value is -11.2. The Morgan fingerprint density at radius 3 is 0.889 bits per heavy atom. The molecule has 0 bridgehead atoms. The molecule has 4 aromatic heterocycles. The van der Waals surface area contributed by atoms with Gasteiger partial charge in [-0.2, -0.15) is 0 Å². The van der Waals surface area contributed by atoms with Gasteiger partial charge in [-0.1, -0.05) is 175 Å². The zero-order valence-corrected chi connectivity index (χ0v) is 58.2. The van der Waals surface area contributed by atoms with Gasteiger partial charge >= 0.3 is 21.1 Å². The second-order valence-electron chi connectivity index (χ2n) is 27.7. The molecule has 4 aliphatic heterocycles. The van der Waals surface area contributed by atoms with Crippen molar-refractivity contribution in [2.45, 2.75) is 52.4 Å². The van der Waals surface area contributed by atoms with Crippen molar-refractivity contribution >= 4 is 114 Å². The van der Waals surface area contributed by atoms with Crippen molar-refractivity contribution in [2.75, 3.05) is 19.6 Å². The molecule has 0 unspecified atom stereocenters. The van der Waals surface area contributed by atoms with Gasteiger partial charge in [-0.25, -0.2) is 0 Å². The zero-order chi connectivity index (χ0) is 66.2. The average molecular weight is 1450 g/mol. The van der Waals surface area contributed by atoms with Crippen molar-refractivity contribution in [1.29, 1.82) is 0 Å². The SMILES string of the molecule is CC(C)(C)c1cc2c3c(c1)N(c1ccccc1)c1ccc(-c4ccccn4)[c-]c1B3c1[c-]c(-c3ccccn3)ccc1N2c1ccccc1.CC(C)(C)c1cc2c3c(c1)N(c1ccccc1)c1ccc(-c4ccccn4)cc1B3c1cc(-c3ccccn3)ccc1N2c1ccccc1.[Pt+2]. The summed E-state index contributed by atoms with van der Waals surface area (Å²) in [5.41, 5.74) is 31.4. The van der Waals surface area contributed by atoms with E-state index in [1.807, 2.05) is 61.2 Å². The Kier molecular flexibility index (Phi) is 16.0. The van der Waals surface area contributed by atoms with E-state index in [1.165, 1.54) is 67.1 Å². The fourth-order valence-corrected chi connectivity index (χ4v) is 14.8. The minimum Gasteiger partial charge on any atom is -0.352 e. The van der Waals surface area contributed by atoms with Crippen molar-refractivity contribution in [2.24, 2.45) is 0 Å². The van der Waals surface area contributed by atoms with Crippen molar-refractivity contribution in [3.05, 3.63) is 327 Å². The number of benzene rings is 10. The van der Waals surface area contributed by atoms with Crippen LogP contribution in [0.2, 0.25) is 0 Å². The topological polar surface area (TPSA) is 64.5 Å². The van der Waals surface area contributed by atoms with Gasteiger partial charge in [-0.05, 0) is 199 Å². The van der Waals surface area contributed by atoms with Crippen LogP contribution in [0, 0.1) is 12.1 Å². The van der Waals surface area contributed by atoms with Crippen LogP contribution in [0.5, 0.6) is 0 Å². The van der Waals surface area contributed by atoms with E-state index in [0.29, 0.717) is 0 Å². The van der Waals surface area contributed by atoms with E-state index in [9.17, 15) is 0 Å². The fourth-order valence-electron chi connectivity index (χ4n) is 14.8. The molecule has 14 aromatic rings. The first-order chi connectivity index (χ1) is 47.9. The standard InChI is InChI=1S/C44H35BN4.C44H33BN4.Pt/c2*1-44(2,3)32-28-41-43-42(29-32)49(34-16-8-5-9-17-34)40-23-21-31(38-19-11-13-25-47-38)27-36(40)45(43)35-26-30(37-18-10-12-24-46-37)20-22-39(35)48(41)33-14-6-4-7-15-33;/h4-29H,1-3H3;4-25,28-29H,1-3H3;/q;-2;+2. The third-order valence-corrected chi connectivity index (χ3v) is 19.5.